The van der Waals surface area contributed by atoms with Gasteiger partial charge in [-0.2, -0.15) is 5.10 Å². The second-order valence-electron chi connectivity index (χ2n) is 7.21. The molecule has 1 atom stereocenters. The van der Waals surface area contributed by atoms with Gasteiger partial charge in [0.15, 0.2) is 5.96 Å². The smallest absolute Gasteiger partial charge is 0.191 e. The summed E-state index contributed by atoms with van der Waals surface area (Å²) < 4.78 is 1.92. The van der Waals surface area contributed by atoms with Crippen LogP contribution in [0, 0.1) is 19.8 Å². The lowest BCUT2D eigenvalue weighted by molar-refractivity contribution is 0.512. The topological polar surface area (TPSA) is 66.3 Å². The fourth-order valence-corrected chi connectivity index (χ4v) is 2.95. The van der Waals surface area contributed by atoms with E-state index >= 15 is 0 Å². The third-order valence-electron chi connectivity index (χ3n) is 4.82. The van der Waals surface area contributed by atoms with Gasteiger partial charge in [-0.25, -0.2) is 4.99 Å². The highest BCUT2D eigenvalue weighted by atomic mass is 127. The van der Waals surface area contributed by atoms with E-state index in [2.05, 4.69) is 73.0 Å². The zero-order valence-electron chi connectivity index (χ0n) is 17.9. The highest BCUT2D eigenvalue weighted by Gasteiger charge is 2.14. The van der Waals surface area contributed by atoms with Gasteiger partial charge in [-0.15, -0.1) is 24.0 Å². The lowest BCUT2D eigenvalue weighted by Gasteiger charge is -2.25. The molecule has 0 saturated heterocycles. The number of rotatable bonds is 8. The summed E-state index contributed by atoms with van der Waals surface area (Å²) in [7, 11) is 1.97. The first-order valence-corrected chi connectivity index (χ1v) is 9.75. The van der Waals surface area contributed by atoms with Crippen LogP contribution in [0.25, 0.3) is 0 Å². The maximum absolute atomic E-state index is 4.77. The van der Waals surface area contributed by atoms with Crippen molar-refractivity contribution in [2.24, 2.45) is 18.0 Å². The zero-order chi connectivity index (χ0) is 19.8. The number of nitrogens with one attached hydrogen (secondary N) is 3. The van der Waals surface area contributed by atoms with Gasteiger partial charge in [-0.3, -0.25) is 4.68 Å². The van der Waals surface area contributed by atoms with Gasteiger partial charge < -0.3 is 16.0 Å². The molecule has 0 saturated carbocycles. The van der Waals surface area contributed by atoms with E-state index in [4.69, 9.17) is 4.99 Å². The molecule has 6 nitrogen and oxygen atoms in total. The molecule has 2 rings (SSSR count). The molecule has 1 aromatic heterocycles. The molecular weight excluding hydrogens is 463 g/mol. The van der Waals surface area contributed by atoms with Gasteiger partial charge in [0.2, 0.25) is 0 Å². The Hall–Kier alpha value is -1.77. The van der Waals surface area contributed by atoms with E-state index in [0.29, 0.717) is 18.5 Å². The Balaban J connectivity index is 0.00000392. The fraction of sp³-hybridized carbons (Fsp3) is 0.524. The van der Waals surface area contributed by atoms with Crippen LogP contribution in [0.4, 0.5) is 5.69 Å². The van der Waals surface area contributed by atoms with Crippen LogP contribution in [0.5, 0.6) is 0 Å². The zero-order valence-corrected chi connectivity index (χ0v) is 20.2. The minimum Gasteiger partial charge on any atom is -0.380 e. The largest absolute Gasteiger partial charge is 0.380 e. The van der Waals surface area contributed by atoms with Gasteiger partial charge in [0.05, 0.1) is 12.2 Å². The highest BCUT2D eigenvalue weighted by molar-refractivity contribution is 14.0. The average molecular weight is 498 g/mol. The van der Waals surface area contributed by atoms with Crippen molar-refractivity contribution >= 4 is 35.6 Å². The summed E-state index contributed by atoms with van der Waals surface area (Å²) in [5, 5.41) is 14.9. The molecule has 7 heteroatoms. The Morgan fingerprint density at radius 2 is 1.82 bits per heavy atom. The van der Waals surface area contributed by atoms with E-state index in [-0.39, 0.29) is 24.0 Å². The molecule has 0 bridgehead atoms. The molecule has 0 fully saturated rings. The Morgan fingerprint density at radius 3 is 2.36 bits per heavy atom. The van der Waals surface area contributed by atoms with Crippen LogP contribution < -0.4 is 16.0 Å². The second kappa shape index (κ2) is 11.9. The monoisotopic (exact) mass is 498 g/mol. The van der Waals surface area contributed by atoms with E-state index in [1.807, 2.05) is 24.7 Å². The van der Waals surface area contributed by atoms with E-state index in [0.717, 1.165) is 36.1 Å². The van der Waals surface area contributed by atoms with Crippen LogP contribution in [0.15, 0.2) is 35.3 Å². The molecule has 2 aromatic rings. The Bertz CT molecular complexity index is 739. The van der Waals surface area contributed by atoms with Crippen LogP contribution in [-0.2, 0) is 13.6 Å². The van der Waals surface area contributed by atoms with Gasteiger partial charge in [0.25, 0.3) is 0 Å². The second-order valence-corrected chi connectivity index (χ2v) is 7.21. The number of hydrogen-bond donors (Lipinski definition) is 3. The number of nitrogens with zero attached hydrogens (tertiary/aromatic N) is 3. The number of aromatic nitrogens is 2. The number of guanidine groups is 1. The van der Waals surface area contributed by atoms with Crippen molar-refractivity contribution in [2.75, 3.05) is 18.4 Å². The first-order valence-electron chi connectivity index (χ1n) is 9.75. The van der Waals surface area contributed by atoms with Crippen LogP contribution in [0.1, 0.15) is 37.7 Å². The predicted octanol–water partition coefficient (Wildman–Crippen LogP) is 3.85. The van der Waals surface area contributed by atoms with Crippen LogP contribution in [0.2, 0.25) is 0 Å². The molecule has 0 aliphatic heterocycles. The van der Waals surface area contributed by atoms with Crippen molar-refractivity contribution in [1.29, 1.82) is 0 Å². The number of para-hydroxylation sites is 1. The third kappa shape index (κ3) is 7.00. The molecule has 1 unspecified atom stereocenters. The summed E-state index contributed by atoms with van der Waals surface area (Å²) in [6.45, 7) is 12.9. The molecule has 0 aliphatic rings. The van der Waals surface area contributed by atoms with Crippen molar-refractivity contribution in [3.63, 3.8) is 0 Å². The maximum Gasteiger partial charge on any atom is 0.191 e. The molecule has 28 heavy (non-hydrogen) atoms. The summed E-state index contributed by atoms with van der Waals surface area (Å²) >= 11 is 0. The van der Waals surface area contributed by atoms with Crippen molar-refractivity contribution in [3.05, 3.63) is 47.3 Å². The number of hydrogen-bond acceptors (Lipinski definition) is 3. The van der Waals surface area contributed by atoms with Gasteiger partial charge in [0, 0.05) is 43.1 Å². The summed E-state index contributed by atoms with van der Waals surface area (Å²) in [5.74, 6) is 1.32. The standard InChI is InChI=1S/C21H34N6.HI/c1-7-22-21(23-13-19-16(4)26-27(6)17(19)5)24-14-20(15(2)3)25-18-11-9-8-10-12-18;/h8-12,15,20,25H,7,13-14H2,1-6H3,(H2,22,23,24);1H. The van der Waals surface area contributed by atoms with E-state index in [9.17, 15) is 0 Å². The SMILES string of the molecule is CCNC(=NCc1c(C)nn(C)c1C)NCC(Nc1ccccc1)C(C)C.I. The molecule has 0 aliphatic carbocycles. The number of anilines is 1. The minimum atomic E-state index is 0. The van der Waals surface area contributed by atoms with Gasteiger partial charge in [0.1, 0.15) is 0 Å². The van der Waals surface area contributed by atoms with Gasteiger partial charge >= 0.3 is 0 Å². The van der Waals surface area contributed by atoms with Crippen molar-refractivity contribution in [1.82, 2.24) is 20.4 Å². The lowest BCUT2D eigenvalue weighted by Crippen LogP contribution is -2.44. The van der Waals surface area contributed by atoms with Crippen molar-refractivity contribution < 1.29 is 0 Å². The Morgan fingerprint density at radius 1 is 1.14 bits per heavy atom. The third-order valence-corrected chi connectivity index (χ3v) is 4.82. The lowest BCUT2D eigenvalue weighted by atomic mass is 10.0. The van der Waals surface area contributed by atoms with Gasteiger partial charge in [-0.05, 0) is 38.8 Å². The first-order chi connectivity index (χ1) is 12.9. The maximum atomic E-state index is 4.77. The normalized spacial score (nSPS) is 12.5. The predicted molar refractivity (Wildman–Crippen MR) is 130 cm³/mol. The summed E-state index contributed by atoms with van der Waals surface area (Å²) in [4.78, 5) is 4.77. The molecular formula is C21H35IN6. The molecule has 1 aromatic carbocycles. The molecule has 0 radical (unpaired) electrons. The molecule has 0 spiro atoms. The quantitative estimate of drug-likeness (QED) is 0.294. The summed E-state index contributed by atoms with van der Waals surface area (Å²) in [5.41, 5.74) is 4.54. The summed E-state index contributed by atoms with van der Waals surface area (Å²) in [6.07, 6.45) is 0. The number of halogens is 1. The van der Waals surface area contributed by atoms with Crippen molar-refractivity contribution in [3.8, 4) is 0 Å². The van der Waals surface area contributed by atoms with E-state index in [1.54, 1.807) is 0 Å². The molecule has 156 valence electrons. The Kier molecular flexibility index (Phi) is 10.3. The summed E-state index contributed by atoms with van der Waals surface area (Å²) in [6, 6.07) is 10.6. The minimum absolute atomic E-state index is 0. The molecule has 1 heterocycles. The number of aryl methyl sites for hydroxylation is 2. The van der Waals surface area contributed by atoms with Crippen molar-refractivity contribution in [2.45, 2.75) is 47.2 Å². The van der Waals surface area contributed by atoms with E-state index in [1.165, 1.54) is 5.56 Å². The highest BCUT2D eigenvalue weighted by Crippen LogP contribution is 2.13. The first kappa shape index (κ1) is 24.3. The van der Waals surface area contributed by atoms with E-state index < -0.39 is 0 Å². The fourth-order valence-electron chi connectivity index (χ4n) is 2.95. The van der Waals surface area contributed by atoms with Crippen LogP contribution in [-0.4, -0.2) is 34.9 Å². The van der Waals surface area contributed by atoms with Gasteiger partial charge in [-0.1, -0.05) is 32.0 Å². The number of aliphatic imine (C=N–C) groups is 1. The molecule has 3 N–H and O–H groups in total. The molecule has 0 amide bonds. The number of benzene rings is 1. The van der Waals surface area contributed by atoms with Crippen LogP contribution in [0.3, 0.4) is 0 Å². The Labute approximate surface area is 186 Å². The van der Waals surface area contributed by atoms with Crippen LogP contribution >= 0.6 is 24.0 Å². The average Bonchev–Trinajstić information content (AvgIpc) is 2.88.